The normalized spacial score (nSPS) is 13.5. The number of alkyl halides is 3. The fourth-order valence-corrected chi connectivity index (χ4v) is 1.96. The van der Waals surface area contributed by atoms with Gasteiger partial charge in [0.15, 0.2) is 0 Å². The van der Waals surface area contributed by atoms with Crippen LogP contribution in [0.2, 0.25) is 0 Å². The van der Waals surface area contributed by atoms with Crippen molar-refractivity contribution < 1.29 is 18.0 Å². The van der Waals surface area contributed by atoms with E-state index in [1.54, 1.807) is 0 Å². The number of hydrogen-bond acceptors (Lipinski definition) is 1. The predicted molar refractivity (Wildman–Crippen MR) is 79.8 cm³/mol. The van der Waals surface area contributed by atoms with Crippen molar-refractivity contribution in [2.24, 2.45) is 0 Å². The number of carbonyl (C=O) groups excluding carboxylic acids is 1. The van der Waals surface area contributed by atoms with Crippen molar-refractivity contribution >= 4 is 5.91 Å². The molecule has 120 valence electrons. The number of hydrogen-bond donors (Lipinski definition) is 1. The zero-order chi connectivity index (χ0) is 16.5. The molecule has 1 N–H and O–H groups in total. The van der Waals surface area contributed by atoms with Crippen LogP contribution >= 0.6 is 0 Å². The van der Waals surface area contributed by atoms with Gasteiger partial charge in [-0.05, 0) is 25.8 Å². The van der Waals surface area contributed by atoms with E-state index in [0.717, 1.165) is 31.8 Å². The standard InChI is InChI=1S/C16H24F3NO/c1-5-9-14(10-6-2)20-15(21)12(7-3)11-13(8-4)16(17,18)19/h7-8,11,14H,4-6,9-10H2,1-3H3,(H,20,21)/b12-7+,13-11+. The van der Waals surface area contributed by atoms with Gasteiger partial charge in [-0.25, -0.2) is 0 Å². The van der Waals surface area contributed by atoms with Crippen molar-refractivity contribution in [3.05, 3.63) is 36.0 Å². The molecular formula is C16H24F3NO. The maximum absolute atomic E-state index is 12.7. The zero-order valence-electron chi connectivity index (χ0n) is 12.9. The SMILES string of the molecule is C=C/C(=C\C(=C/C)C(=O)NC(CCC)CCC)C(F)(F)F. The number of nitrogens with one attached hydrogen (secondary N) is 1. The van der Waals surface area contributed by atoms with Crippen LogP contribution < -0.4 is 5.32 Å². The van der Waals surface area contributed by atoms with Crippen molar-refractivity contribution in [1.82, 2.24) is 5.32 Å². The Morgan fingerprint density at radius 2 is 1.76 bits per heavy atom. The maximum Gasteiger partial charge on any atom is 0.416 e. The van der Waals surface area contributed by atoms with E-state index in [1.165, 1.54) is 13.0 Å². The van der Waals surface area contributed by atoms with Crippen LogP contribution in [0.5, 0.6) is 0 Å². The minimum absolute atomic E-state index is 0.000527. The molecule has 5 heteroatoms. The van der Waals surface area contributed by atoms with E-state index in [0.29, 0.717) is 6.08 Å². The molecule has 1 amide bonds. The van der Waals surface area contributed by atoms with Crippen molar-refractivity contribution in [3.8, 4) is 0 Å². The summed E-state index contributed by atoms with van der Waals surface area (Å²) in [7, 11) is 0. The van der Waals surface area contributed by atoms with Gasteiger partial charge in [0.2, 0.25) is 0 Å². The van der Waals surface area contributed by atoms with Gasteiger partial charge in [-0.15, -0.1) is 0 Å². The van der Waals surface area contributed by atoms with E-state index < -0.39 is 17.7 Å². The van der Waals surface area contributed by atoms with Crippen molar-refractivity contribution in [2.45, 2.75) is 58.7 Å². The largest absolute Gasteiger partial charge is 0.416 e. The molecule has 0 unspecified atom stereocenters. The molecule has 0 saturated heterocycles. The summed E-state index contributed by atoms with van der Waals surface area (Å²) in [6.07, 6.45) is 1.85. The molecule has 0 aliphatic heterocycles. The second-order valence-corrected chi connectivity index (χ2v) is 4.79. The van der Waals surface area contributed by atoms with Crippen LogP contribution in [0.4, 0.5) is 13.2 Å². The monoisotopic (exact) mass is 303 g/mol. The minimum Gasteiger partial charge on any atom is -0.349 e. The molecule has 0 aliphatic rings. The summed E-state index contributed by atoms with van der Waals surface area (Å²) in [5.74, 6) is -0.479. The highest BCUT2D eigenvalue weighted by atomic mass is 19.4. The molecular weight excluding hydrogens is 279 g/mol. The Morgan fingerprint density at radius 3 is 2.10 bits per heavy atom. The fourth-order valence-electron chi connectivity index (χ4n) is 1.96. The molecule has 0 radical (unpaired) electrons. The number of amides is 1. The Kier molecular flexibility index (Phi) is 8.74. The van der Waals surface area contributed by atoms with E-state index in [4.69, 9.17) is 0 Å². The van der Waals surface area contributed by atoms with Crippen LogP contribution in [0.3, 0.4) is 0 Å². The van der Waals surface area contributed by atoms with Gasteiger partial charge in [0, 0.05) is 11.6 Å². The Labute approximate surface area is 124 Å². The van der Waals surface area contributed by atoms with Gasteiger partial charge in [0.1, 0.15) is 0 Å². The van der Waals surface area contributed by atoms with Gasteiger partial charge in [-0.1, -0.05) is 45.4 Å². The summed E-state index contributed by atoms with van der Waals surface area (Å²) >= 11 is 0. The average Bonchev–Trinajstić information content (AvgIpc) is 2.38. The first-order chi connectivity index (χ1) is 9.79. The van der Waals surface area contributed by atoms with E-state index >= 15 is 0 Å². The van der Waals surface area contributed by atoms with Crippen molar-refractivity contribution in [1.29, 1.82) is 0 Å². The molecule has 0 saturated carbocycles. The first-order valence-electron chi connectivity index (χ1n) is 7.18. The smallest absolute Gasteiger partial charge is 0.349 e. The first-order valence-corrected chi connectivity index (χ1v) is 7.18. The van der Waals surface area contributed by atoms with E-state index in [-0.39, 0.29) is 11.6 Å². The third kappa shape index (κ3) is 7.16. The van der Waals surface area contributed by atoms with E-state index in [2.05, 4.69) is 11.9 Å². The van der Waals surface area contributed by atoms with Crippen LogP contribution in [-0.2, 0) is 4.79 Å². The lowest BCUT2D eigenvalue weighted by Gasteiger charge is -2.18. The highest BCUT2D eigenvalue weighted by Gasteiger charge is 2.32. The zero-order valence-corrected chi connectivity index (χ0v) is 12.9. The highest BCUT2D eigenvalue weighted by Crippen LogP contribution is 2.27. The summed E-state index contributed by atoms with van der Waals surface area (Å²) in [4.78, 5) is 12.1. The highest BCUT2D eigenvalue weighted by molar-refractivity contribution is 5.96. The Bertz CT molecular complexity index is 402. The third-order valence-corrected chi connectivity index (χ3v) is 3.04. The topological polar surface area (TPSA) is 29.1 Å². The lowest BCUT2D eigenvalue weighted by atomic mass is 10.0. The molecule has 0 aliphatic carbocycles. The number of rotatable bonds is 8. The van der Waals surface area contributed by atoms with Gasteiger partial charge < -0.3 is 5.32 Å². The Balaban J connectivity index is 5.08. The van der Waals surface area contributed by atoms with Crippen molar-refractivity contribution in [3.63, 3.8) is 0 Å². The number of carbonyl (C=O) groups is 1. The molecule has 0 atom stereocenters. The summed E-state index contributed by atoms with van der Waals surface area (Å²) in [6, 6.07) is -0.00563. The average molecular weight is 303 g/mol. The number of allylic oxidation sites excluding steroid dienone is 3. The quantitative estimate of drug-likeness (QED) is 0.511. The van der Waals surface area contributed by atoms with Crippen LogP contribution in [0, 0.1) is 0 Å². The van der Waals surface area contributed by atoms with Crippen LogP contribution in [0.15, 0.2) is 36.0 Å². The van der Waals surface area contributed by atoms with Crippen molar-refractivity contribution in [2.75, 3.05) is 0 Å². The van der Waals surface area contributed by atoms with E-state index in [9.17, 15) is 18.0 Å². The van der Waals surface area contributed by atoms with Gasteiger partial charge in [0.25, 0.3) is 5.91 Å². The van der Waals surface area contributed by atoms with E-state index in [1.807, 2.05) is 13.8 Å². The lowest BCUT2D eigenvalue weighted by molar-refractivity contribution is -0.118. The summed E-state index contributed by atoms with van der Waals surface area (Å²) < 4.78 is 38.1. The second-order valence-electron chi connectivity index (χ2n) is 4.79. The molecule has 2 nitrogen and oxygen atoms in total. The number of halogens is 3. The van der Waals surface area contributed by atoms with Gasteiger partial charge >= 0.3 is 6.18 Å². The summed E-state index contributed by atoms with van der Waals surface area (Å²) in [6.45, 7) is 8.70. The predicted octanol–water partition coefficient (Wildman–Crippen LogP) is 4.69. The molecule has 0 spiro atoms. The van der Waals surface area contributed by atoms with Gasteiger partial charge in [0.05, 0.1) is 5.57 Å². The Hall–Kier alpha value is -1.52. The molecule has 0 fully saturated rings. The second kappa shape index (κ2) is 9.42. The van der Waals surface area contributed by atoms with Crippen LogP contribution in [0.1, 0.15) is 46.5 Å². The molecule has 0 aromatic carbocycles. The third-order valence-electron chi connectivity index (χ3n) is 3.04. The van der Waals surface area contributed by atoms with Gasteiger partial charge in [-0.2, -0.15) is 13.2 Å². The molecule has 0 bridgehead atoms. The fraction of sp³-hybridized carbons (Fsp3) is 0.562. The molecule has 0 rings (SSSR count). The van der Waals surface area contributed by atoms with Gasteiger partial charge in [-0.3, -0.25) is 4.79 Å². The first kappa shape index (κ1) is 19.5. The maximum atomic E-state index is 12.7. The summed E-state index contributed by atoms with van der Waals surface area (Å²) in [5.41, 5.74) is -0.923. The molecule has 0 aromatic rings. The lowest BCUT2D eigenvalue weighted by Crippen LogP contribution is -2.35. The summed E-state index contributed by atoms with van der Waals surface area (Å²) in [5, 5.41) is 2.80. The molecule has 0 heterocycles. The molecule has 21 heavy (non-hydrogen) atoms. The molecule has 0 aromatic heterocycles. The van der Waals surface area contributed by atoms with Crippen LogP contribution in [-0.4, -0.2) is 18.1 Å². The minimum atomic E-state index is -4.51. The van der Waals surface area contributed by atoms with Crippen LogP contribution in [0.25, 0.3) is 0 Å². The Morgan fingerprint density at radius 1 is 1.24 bits per heavy atom.